The number of rotatable bonds is 5. The van der Waals surface area contributed by atoms with Crippen molar-refractivity contribution in [2.45, 2.75) is 25.8 Å². The Balaban J connectivity index is 2.39. The quantitative estimate of drug-likeness (QED) is 0.788. The van der Waals surface area contributed by atoms with E-state index in [1.165, 1.54) is 0 Å². The third-order valence-corrected chi connectivity index (χ3v) is 3.75. The highest BCUT2D eigenvalue weighted by atomic mass is 35.5. The van der Waals surface area contributed by atoms with Crippen LogP contribution in [-0.4, -0.2) is 27.2 Å². The number of benzene rings is 1. The summed E-state index contributed by atoms with van der Waals surface area (Å²) in [6.45, 7) is 3.45. The SMILES string of the molecule is CCC(NC(=O)c1cc(C)[nH]n1)(C(=O)O)c1ccc(Cl)cc1. The van der Waals surface area contributed by atoms with Crippen molar-refractivity contribution in [3.05, 3.63) is 52.3 Å². The molecule has 116 valence electrons. The molecule has 0 radical (unpaired) electrons. The van der Waals surface area contributed by atoms with Crippen molar-refractivity contribution < 1.29 is 14.7 Å². The zero-order valence-electron chi connectivity index (χ0n) is 12.2. The number of aromatic amines is 1. The summed E-state index contributed by atoms with van der Waals surface area (Å²) in [7, 11) is 0. The molecule has 1 aromatic carbocycles. The van der Waals surface area contributed by atoms with E-state index in [-0.39, 0.29) is 12.1 Å². The monoisotopic (exact) mass is 321 g/mol. The lowest BCUT2D eigenvalue weighted by Crippen LogP contribution is -2.51. The highest BCUT2D eigenvalue weighted by molar-refractivity contribution is 6.30. The highest BCUT2D eigenvalue weighted by Gasteiger charge is 2.40. The van der Waals surface area contributed by atoms with Crippen molar-refractivity contribution in [2.24, 2.45) is 0 Å². The van der Waals surface area contributed by atoms with E-state index >= 15 is 0 Å². The summed E-state index contributed by atoms with van der Waals surface area (Å²) >= 11 is 5.84. The molecule has 6 nitrogen and oxygen atoms in total. The first kappa shape index (κ1) is 16.0. The van der Waals surface area contributed by atoms with Gasteiger partial charge in [-0.05, 0) is 37.1 Å². The summed E-state index contributed by atoms with van der Waals surface area (Å²) < 4.78 is 0. The van der Waals surface area contributed by atoms with Gasteiger partial charge >= 0.3 is 5.97 Å². The number of carbonyl (C=O) groups is 2. The number of carbonyl (C=O) groups excluding carboxylic acids is 1. The van der Waals surface area contributed by atoms with E-state index in [9.17, 15) is 14.7 Å². The Morgan fingerprint density at radius 1 is 1.36 bits per heavy atom. The van der Waals surface area contributed by atoms with Gasteiger partial charge in [0.15, 0.2) is 5.54 Å². The molecule has 1 amide bonds. The molecule has 0 aliphatic heterocycles. The molecule has 2 aromatic rings. The van der Waals surface area contributed by atoms with E-state index in [4.69, 9.17) is 11.6 Å². The average Bonchev–Trinajstić information content (AvgIpc) is 2.92. The van der Waals surface area contributed by atoms with Crippen LogP contribution in [0.15, 0.2) is 30.3 Å². The van der Waals surface area contributed by atoms with E-state index < -0.39 is 17.4 Å². The maximum absolute atomic E-state index is 12.3. The second kappa shape index (κ2) is 6.19. The van der Waals surface area contributed by atoms with Gasteiger partial charge in [-0.2, -0.15) is 5.10 Å². The van der Waals surface area contributed by atoms with Gasteiger partial charge in [-0.1, -0.05) is 30.7 Å². The molecule has 1 heterocycles. The highest BCUT2D eigenvalue weighted by Crippen LogP contribution is 2.27. The van der Waals surface area contributed by atoms with Crippen LogP contribution in [0.4, 0.5) is 0 Å². The number of aromatic nitrogens is 2. The smallest absolute Gasteiger partial charge is 0.334 e. The Morgan fingerprint density at radius 2 is 2.00 bits per heavy atom. The number of aryl methyl sites for hydroxylation is 1. The minimum atomic E-state index is -1.53. The van der Waals surface area contributed by atoms with Gasteiger partial charge in [0.05, 0.1) is 0 Å². The topological polar surface area (TPSA) is 95.1 Å². The van der Waals surface area contributed by atoms with E-state index in [1.54, 1.807) is 44.2 Å². The lowest BCUT2D eigenvalue weighted by molar-refractivity contribution is -0.145. The molecular weight excluding hydrogens is 306 g/mol. The number of aliphatic carboxylic acids is 1. The Kier molecular flexibility index (Phi) is 4.51. The average molecular weight is 322 g/mol. The Labute approximate surface area is 132 Å². The molecule has 0 saturated carbocycles. The molecule has 0 aliphatic carbocycles. The summed E-state index contributed by atoms with van der Waals surface area (Å²) in [5.74, 6) is -1.69. The van der Waals surface area contributed by atoms with Crippen LogP contribution in [0.5, 0.6) is 0 Å². The van der Waals surface area contributed by atoms with Crippen LogP contribution >= 0.6 is 11.6 Å². The van der Waals surface area contributed by atoms with Gasteiger partial charge in [-0.15, -0.1) is 0 Å². The van der Waals surface area contributed by atoms with Crippen molar-refractivity contribution in [3.63, 3.8) is 0 Å². The second-order valence-corrected chi connectivity index (χ2v) is 5.40. The molecule has 1 unspecified atom stereocenters. The fraction of sp³-hybridized carbons (Fsp3) is 0.267. The minimum absolute atomic E-state index is 0.144. The summed E-state index contributed by atoms with van der Waals surface area (Å²) in [6.07, 6.45) is 0.180. The molecule has 0 aliphatic rings. The van der Waals surface area contributed by atoms with Crippen LogP contribution in [0.25, 0.3) is 0 Å². The van der Waals surface area contributed by atoms with Crippen LogP contribution in [0.1, 0.15) is 35.1 Å². The van der Waals surface area contributed by atoms with Gasteiger partial charge in [0.1, 0.15) is 5.69 Å². The van der Waals surface area contributed by atoms with Crippen molar-refractivity contribution in [1.29, 1.82) is 0 Å². The molecule has 22 heavy (non-hydrogen) atoms. The molecule has 2 rings (SSSR count). The molecule has 1 aromatic heterocycles. The first-order valence-electron chi connectivity index (χ1n) is 6.73. The van der Waals surface area contributed by atoms with E-state index in [0.717, 1.165) is 0 Å². The maximum Gasteiger partial charge on any atom is 0.334 e. The third-order valence-electron chi connectivity index (χ3n) is 3.50. The van der Waals surface area contributed by atoms with Crippen LogP contribution in [0.2, 0.25) is 5.02 Å². The third kappa shape index (κ3) is 2.96. The molecule has 0 bridgehead atoms. The van der Waals surface area contributed by atoms with Gasteiger partial charge in [-0.25, -0.2) is 4.79 Å². The van der Waals surface area contributed by atoms with Gasteiger partial charge in [0.25, 0.3) is 5.91 Å². The van der Waals surface area contributed by atoms with E-state index in [1.807, 2.05) is 0 Å². The first-order chi connectivity index (χ1) is 10.4. The van der Waals surface area contributed by atoms with Crippen LogP contribution < -0.4 is 5.32 Å². The normalized spacial score (nSPS) is 13.4. The molecule has 0 fully saturated rings. The summed E-state index contributed by atoms with van der Waals surface area (Å²) in [6, 6.07) is 7.93. The number of amides is 1. The maximum atomic E-state index is 12.3. The summed E-state index contributed by atoms with van der Waals surface area (Å²) in [4.78, 5) is 24.1. The molecule has 0 saturated heterocycles. The number of halogens is 1. The number of H-pyrrole nitrogens is 1. The zero-order valence-corrected chi connectivity index (χ0v) is 12.9. The van der Waals surface area contributed by atoms with Crippen LogP contribution in [0.3, 0.4) is 0 Å². The Bertz CT molecular complexity index is 696. The van der Waals surface area contributed by atoms with E-state index in [0.29, 0.717) is 16.3 Å². The molecular formula is C15H16ClN3O3. The summed E-state index contributed by atoms with van der Waals surface area (Å²) in [5, 5.41) is 19.3. The number of nitrogens with one attached hydrogen (secondary N) is 2. The summed E-state index contributed by atoms with van der Waals surface area (Å²) in [5.41, 5.74) is -0.221. The second-order valence-electron chi connectivity index (χ2n) is 4.96. The predicted octanol–water partition coefficient (Wildman–Crippen LogP) is 2.49. The van der Waals surface area contributed by atoms with Crippen LogP contribution in [-0.2, 0) is 10.3 Å². The first-order valence-corrected chi connectivity index (χ1v) is 7.11. The lowest BCUT2D eigenvalue weighted by Gasteiger charge is -2.29. The van der Waals surface area contributed by atoms with Crippen molar-refractivity contribution >= 4 is 23.5 Å². The zero-order chi connectivity index (χ0) is 16.3. The van der Waals surface area contributed by atoms with Gasteiger partial charge in [0, 0.05) is 10.7 Å². The fourth-order valence-electron chi connectivity index (χ4n) is 2.22. The Morgan fingerprint density at radius 3 is 2.45 bits per heavy atom. The van der Waals surface area contributed by atoms with Crippen molar-refractivity contribution in [3.8, 4) is 0 Å². The van der Waals surface area contributed by atoms with Gasteiger partial charge in [-0.3, -0.25) is 9.89 Å². The van der Waals surface area contributed by atoms with Crippen molar-refractivity contribution in [2.75, 3.05) is 0 Å². The van der Waals surface area contributed by atoms with E-state index in [2.05, 4.69) is 15.5 Å². The van der Waals surface area contributed by atoms with Crippen LogP contribution in [0, 0.1) is 6.92 Å². The standard InChI is InChI=1S/C15H16ClN3O3/c1-3-15(14(21)22,10-4-6-11(16)7-5-10)17-13(20)12-8-9(2)18-19-12/h4-8H,3H2,1-2H3,(H,17,20)(H,18,19)(H,21,22). The molecule has 3 N–H and O–H groups in total. The molecule has 1 atom stereocenters. The number of hydrogen-bond acceptors (Lipinski definition) is 3. The van der Waals surface area contributed by atoms with Gasteiger partial charge < -0.3 is 10.4 Å². The largest absolute Gasteiger partial charge is 0.479 e. The lowest BCUT2D eigenvalue weighted by atomic mass is 9.87. The Hall–Kier alpha value is -2.34. The fourth-order valence-corrected chi connectivity index (χ4v) is 2.35. The van der Waals surface area contributed by atoms with Crippen molar-refractivity contribution in [1.82, 2.24) is 15.5 Å². The van der Waals surface area contributed by atoms with Gasteiger partial charge in [0.2, 0.25) is 0 Å². The number of carboxylic acid groups (broad SMARTS) is 1. The minimum Gasteiger partial charge on any atom is -0.479 e. The number of hydrogen-bond donors (Lipinski definition) is 3. The predicted molar refractivity (Wildman–Crippen MR) is 81.8 cm³/mol. The number of carboxylic acids is 1. The molecule has 0 spiro atoms. The molecule has 7 heteroatoms. The number of nitrogens with zero attached hydrogens (tertiary/aromatic N) is 1.